The molecule has 0 aliphatic heterocycles. The first-order chi connectivity index (χ1) is 11.6. The van der Waals surface area contributed by atoms with Crippen molar-refractivity contribution in [2.24, 2.45) is 0 Å². The Morgan fingerprint density at radius 3 is 2.96 bits per heavy atom. The van der Waals surface area contributed by atoms with Gasteiger partial charge in [-0.25, -0.2) is 14.8 Å². The van der Waals surface area contributed by atoms with E-state index in [1.54, 1.807) is 11.6 Å². The van der Waals surface area contributed by atoms with Crippen LogP contribution in [0.4, 0.5) is 4.79 Å². The molecule has 128 valence electrons. The first kappa shape index (κ1) is 17.9. The van der Waals surface area contributed by atoms with Crippen molar-refractivity contribution in [2.45, 2.75) is 46.1 Å². The number of rotatable bonds is 7. The Bertz CT molecular complexity index is 733. The lowest BCUT2D eigenvalue weighted by Gasteiger charge is -2.13. The summed E-state index contributed by atoms with van der Waals surface area (Å²) < 4.78 is 6.68. The van der Waals surface area contributed by atoms with Crippen LogP contribution in [0.1, 0.15) is 56.2 Å². The number of unbranched alkanes of at least 4 members (excludes halogenated alkanes) is 1. The normalized spacial score (nSPS) is 11.8. The van der Waals surface area contributed by atoms with Crippen molar-refractivity contribution < 1.29 is 9.53 Å². The average Bonchev–Trinajstić information content (AvgIpc) is 3.21. The maximum Gasteiger partial charge on any atom is 0.407 e. The van der Waals surface area contributed by atoms with E-state index in [1.807, 2.05) is 13.8 Å². The minimum atomic E-state index is -0.486. The van der Waals surface area contributed by atoms with Gasteiger partial charge in [-0.2, -0.15) is 9.94 Å². The molecule has 0 aliphatic rings. The van der Waals surface area contributed by atoms with Crippen LogP contribution in [0.3, 0.4) is 0 Å². The molecule has 0 spiro atoms. The van der Waals surface area contributed by atoms with Crippen LogP contribution in [0.2, 0.25) is 0 Å². The number of carbonyl (C=O) groups is 1. The first-order valence-electron chi connectivity index (χ1n) is 7.84. The van der Waals surface area contributed by atoms with E-state index in [-0.39, 0.29) is 0 Å². The van der Waals surface area contributed by atoms with E-state index in [0.29, 0.717) is 34.7 Å². The number of hydrogen-bond donors (Lipinski definition) is 1. The maximum absolute atomic E-state index is 11.8. The molecule has 0 fully saturated rings. The van der Waals surface area contributed by atoms with Crippen LogP contribution in [0.15, 0.2) is 6.20 Å². The number of aromatic nitrogens is 4. The lowest BCUT2D eigenvalue weighted by atomic mass is 10.3. The molecule has 0 unspecified atom stereocenters. The molecular weight excluding hydrogens is 328 g/mol. The Morgan fingerprint density at radius 2 is 2.33 bits per heavy atom. The quantitative estimate of drug-likeness (QED) is 0.771. The van der Waals surface area contributed by atoms with Crippen molar-refractivity contribution in [3.63, 3.8) is 0 Å². The molecule has 2 aromatic rings. The predicted molar refractivity (Wildman–Crippen MR) is 88.9 cm³/mol. The number of nitriles is 1. The van der Waals surface area contributed by atoms with Crippen LogP contribution in [-0.4, -0.2) is 32.4 Å². The minimum Gasteiger partial charge on any atom is -0.450 e. The second-order valence-electron chi connectivity index (χ2n) is 5.13. The molecule has 2 heterocycles. The molecule has 2 rings (SSSR count). The van der Waals surface area contributed by atoms with E-state index in [4.69, 9.17) is 10.00 Å². The Balaban J connectivity index is 2.18. The SMILES string of the molecule is CCCCOC(=O)N[C@@H](C)c1nc(CC)nn1-c1ncc(C#N)s1. The lowest BCUT2D eigenvalue weighted by Crippen LogP contribution is -2.29. The summed E-state index contributed by atoms with van der Waals surface area (Å²) in [7, 11) is 0. The molecular formula is C15H20N6O2S. The van der Waals surface area contributed by atoms with Crippen LogP contribution in [0, 0.1) is 11.3 Å². The van der Waals surface area contributed by atoms with Crippen molar-refractivity contribution in [3.05, 3.63) is 22.7 Å². The number of nitrogens with zero attached hydrogens (tertiary/aromatic N) is 5. The monoisotopic (exact) mass is 348 g/mol. The van der Waals surface area contributed by atoms with Gasteiger partial charge < -0.3 is 10.1 Å². The summed E-state index contributed by atoms with van der Waals surface area (Å²) in [6.45, 7) is 6.17. The van der Waals surface area contributed by atoms with Crippen LogP contribution >= 0.6 is 11.3 Å². The fourth-order valence-electron chi connectivity index (χ4n) is 1.95. The zero-order valence-electron chi connectivity index (χ0n) is 13.9. The smallest absolute Gasteiger partial charge is 0.407 e. The third kappa shape index (κ3) is 4.29. The van der Waals surface area contributed by atoms with Gasteiger partial charge in [0, 0.05) is 6.42 Å². The van der Waals surface area contributed by atoms with E-state index < -0.39 is 12.1 Å². The molecule has 2 aromatic heterocycles. The standard InChI is InChI=1S/C15H20N6O2S/c1-4-6-7-23-15(22)18-10(3)13-19-12(5-2)20-21(13)14-17-9-11(8-16)24-14/h9-10H,4-7H2,1-3H3,(H,18,22)/t10-/m0/s1. The number of amides is 1. The zero-order valence-corrected chi connectivity index (χ0v) is 14.8. The highest BCUT2D eigenvalue weighted by atomic mass is 32.1. The van der Waals surface area contributed by atoms with Crippen molar-refractivity contribution in [1.82, 2.24) is 25.1 Å². The first-order valence-corrected chi connectivity index (χ1v) is 8.66. The average molecular weight is 348 g/mol. The van der Waals surface area contributed by atoms with Gasteiger partial charge in [0.25, 0.3) is 0 Å². The van der Waals surface area contributed by atoms with E-state index in [1.165, 1.54) is 17.5 Å². The number of nitrogens with one attached hydrogen (secondary N) is 1. The molecule has 0 aliphatic carbocycles. The van der Waals surface area contributed by atoms with Gasteiger partial charge in [-0.15, -0.1) is 5.10 Å². The molecule has 0 saturated carbocycles. The largest absolute Gasteiger partial charge is 0.450 e. The van der Waals surface area contributed by atoms with Gasteiger partial charge in [-0.3, -0.25) is 0 Å². The number of alkyl carbamates (subject to hydrolysis) is 1. The molecule has 0 bridgehead atoms. The summed E-state index contributed by atoms with van der Waals surface area (Å²) in [6.07, 6.45) is 3.45. The van der Waals surface area contributed by atoms with E-state index in [0.717, 1.165) is 12.8 Å². The third-order valence-electron chi connectivity index (χ3n) is 3.23. The predicted octanol–water partition coefficient (Wildman–Crippen LogP) is 2.75. The molecule has 0 aromatic carbocycles. The van der Waals surface area contributed by atoms with Gasteiger partial charge in [-0.05, 0) is 13.3 Å². The number of hydrogen-bond acceptors (Lipinski definition) is 7. The highest BCUT2D eigenvalue weighted by Gasteiger charge is 2.21. The topological polar surface area (TPSA) is 106 Å². The molecule has 0 saturated heterocycles. The second kappa shape index (κ2) is 8.40. The summed E-state index contributed by atoms with van der Waals surface area (Å²) in [5.74, 6) is 1.20. The van der Waals surface area contributed by atoms with Gasteiger partial charge in [0.15, 0.2) is 11.6 Å². The number of thiazole rings is 1. The zero-order chi connectivity index (χ0) is 17.5. The molecule has 0 radical (unpaired) electrons. The van der Waals surface area contributed by atoms with Gasteiger partial charge >= 0.3 is 6.09 Å². The number of ether oxygens (including phenoxy) is 1. The van der Waals surface area contributed by atoms with E-state index in [2.05, 4.69) is 26.5 Å². The minimum absolute atomic E-state index is 0.389. The Morgan fingerprint density at radius 1 is 1.54 bits per heavy atom. The van der Waals surface area contributed by atoms with E-state index in [9.17, 15) is 4.79 Å². The maximum atomic E-state index is 11.8. The van der Waals surface area contributed by atoms with Gasteiger partial charge in [0.1, 0.15) is 10.9 Å². The Kier molecular flexibility index (Phi) is 6.26. The third-order valence-corrected chi connectivity index (χ3v) is 4.11. The Hall–Kier alpha value is -2.47. The lowest BCUT2D eigenvalue weighted by molar-refractivity contribution is 0.141. The van der Waals surface area contributed by atoms with Crippen LogP contribution in [0.25, 0.3) is 5.13 Å². The van der Waals surface area contributed by atoms with Gasteiger partial charge in [0.05, 0.1) is 18.8 Å². The molecule has 1 amide bonds. The summed E-state index contributed by atoms with van der Waals surface area (Å²) >= 11 is 1.22. The fraction of sp³-hybridized carbons (Fsp3) is 0.533. The molecule has 8 nitrogen and oxygen atoms in total. The molecule has 1 atom stereocenters. The highest BCUT2D eigenvalue weighted by molar-refractivity contribution is 7.14. The summed E-state index contributed by atoms with van der Waals surface area (Å²) in [5, 5.41) is 16.6. The molecule has 9 heteroatoms. The van der Waals surface area contributed by atoms with Gasteiger partial charge in [-0.1, -0.05) is 31.6 Å². The number of aryl methyl sites for hydroxylation is 1. The Labute approximate surface area is 144 Å². The van der Waals surface area contributed by atoms with Crippen molar-refractivity contribution in [1.29, 1.82) is 5.26 Å². The van der Waals surface area contributed by atoms with Crippen molar-refractivity contribution in [3.8, 4) is 11.2 Å². The second-order valence-corrected chi connectivity index (χ2v) is 6.14. The summed E-state index contributed by atoms with van der Waals surface area (Å²) in [4.78, 5) is 21.0. The molecule has 1 N–H and O–H groups in total. The van der Waals surface area contributed by atoms with Gasteiger partial charge in [0.2, 0.25) is 5.13 Å². The van der Waals surface area contributed by atoms with Crippen molar-refractivity contribution in [2.75, 3.05) is 6.61 Å². The van der Waals surface area contributed by atoms with E-state index >= 15 is 0 Å². The molecule has 24 heavy (non-hydrogen) atoms. The van der Waals surface area contributed by atoms with Crippen LogP contribution in [-0.2, 0) is 11.2 Å². The highest BCUT2D eigenvalue weighted by Crippen LogP contribution is 2.21. The van der Waals surface area contributed by atoms with Crippen LogP contribution < -0.4 is 5.32 Å². The fourth-order valence-corrected chi connectivity index (χ4v) is 2.62. The number of carbonyl (C=O) groups excluding carboxylic acids is 1. The summed E-state index contributed by atoms with van der Waals surface area (Å²) in [6, 6.07) is 1.65. The van der Waals surface area contributed by atoms with Crippen LogP contribution in [0.5, 0.6) is 0 Å². The van der Waals surface area contributed by atoms with Crippen molar-refractivity contribution >= 4 is 17.4 Å². The summed E-state index contributed by atoms with van der Waals surface area (Å²) in [5.41, 5.74) is 0.